The molecule has 0 unspecified atom stereocenters. The van der Waals surface area contributed by atoms with E-state index in [2.05, 4.69) is 15.4 Å². The highest BCUT2D eigenvalue weighted by molar-refractivity contribution is 7.92. The summed E-state index contributed by atoms with van der Waals surface area (Å²) in [6.45, 7) is 7.73. The van der Waals surface area contributed by atoms with Crippen LogP contribution in [0.4, 0.5) is 5.69 Å². The zero-order valence-electron chi connectivity index (χ0n) is 17.1. The van der Waals surface area contributed by atoms with Gasteiger partial charge >= 0.3 is 0 Å². The highest BCUT2D eigenvalue weighted by atomic mass is 32.2. The standard InChI is InChI=1S/C21H27N3O4S/c1-14(2)23-20(25)11-12-22-21(26)17-6-8-18(9-7-17)24-29(27,28)19-10-5-15(3)16(4)13-19/h5-10,13-14,24H,11-12H2,1-4H3,(H,22,26)(H,23,25). The first-order valence-corrected chi connectivity index (χ1v) is 10.8. The van der Waals surface area contributed by atoms with Crippen LogP contribution in [0.1, 0.15) is 41.8 Å². The van der Waals surface area contributed by atoms with Gasteiger partial charge in [0.15, 0.2) is 0 Å². The molecule has 0 fully saturated rings. The number of anilines is 1. The SMILES string of the molecule is Cc1ccc(S(=O)(=O)Nc2ccc(C(=O)NCCC(=O)NC(C)C)cc2)cc1C. The van der Waals surface area contributed by atoms with E-state index in [0.29, 0.717) is 11.3 Å². The molecule has 0 spiro atoms. The van der Waals surface area contributed by atoms with Crippen molar-refractivity contribution in [3.63, 3.8) is 0 Å². The minimum Gasteiger partial charge on any atom is -0.354 e. The lowest BCUT2D eigenvalue weighted by molar-refractivity contribution is -0.121. The zero-order valence-corrected chi connectivity index (χ0v) is 17.9. The summed E-state index contributed by atoms with van der Waals surface area (Å²) in [4.78, 5) is 23.9. The Morgan fingerprint density at radius 3 is 2.21 bits per heavy atom. The van der Waals surface area contributed by atoms with E-state index in [9.17, 15) is 18.0 Å². The normalized spacial score (nSPS) is 11.2. The van der Waals surface area contributed by atoms with Gasteiger partial charge in [-0.15, -0.1) is 0 Å². The fraction of sp³-hybridized carbons (Fsp3) is 0.333. The van der Waals surface area contributed by atoms with E-state index in [1.165, 1.54) is 24.3 Å². The fourth-order valence-electron chi connectivity index (χ4n) is 2.57. The number of benzene rings is 2. The molecule has 2 rings (SSSR count). The van der Waals surface area contributed by atoms with Crippen molar-refractivity contribution in [2.75, 3.05) is 11.3 Å². The molecule has 7 nitrogen and oxygen atoms in total. The Bertz CT molecular complexity index is 983. The molecule has 2 aromatic rings. The number of hydrogen-bond donors (Lipinski definition) is 3. The first-order valence-electron chi connectivity index (χ1n) is 9.36. The van der Waals surface area contributed by atoms with E-state index in [1.807, 2.05) is 27.7 Å². The van der Waals surface area contributed by atoms with Crippen molar-refractivity contribution in [2.45, 2.75) is 45.1 Å². The molecular formula is C21H27N3O4S. The van der Waals surface area contributed by atoms with Crippen LogP contribution in [0.2, 0.25) is 0 Å². The Hall–Kier alpha value is -2.87. The third-order valence-corrected chi connectivity index (χ3v) is 5.65. The van der Waals surface area contributed by atoms with Crippen LogP contribution >= 0.6 is 0 Å². The molecule has 0 aromatic heterocycles. The van der Waals surface area contributed by atoms with Crippen LogP contribution in [0.15, 0.2) is 47.4 Å². The smallest absolute Gasteiger partial charge is 0.261 e. The Morgan fingerprint density at radius 2 is 1.62 bits per heavy atom. The topological polar surface area (TPSA) is 104 Å². The number of hydrogen-bond acceptors (Lipinski definition) is 4. The second-order valence-electron chi connectivity index (χ2n) is 7.16. The third kappa shape index (κ3) is 6.60. The molecule has 0 atom stereocenters. The minimum atomic E-state index is -3.71. The van der Waals surface area contributed by atoms with E-state index >= 15 is 0 Å². The zero-order chi connectivity index (χ0) is 21.6. The van der Waals surface area contributed by atoms with Crippen LogP contribution in [0.3, 0.4) is 0 Å². The van der Waals surface area contributed by atoms with Crippen LogP contribution in [-0.4, -0.2) is 32.8 Å². The van der Waals surface area contributed by atoms with Gasteiger partial charge in [0.25, 0.3) is 15.9 Å². The molecule has 3 N–H and O–H groups in total. The van der Waals surface area contributed by atoms with Crippen molar-refractivity contribution in [3.8, 4) is 0 Å². The van der Waals surface area contributed by atoms with E-state index in [0.717, 1.165) is 11.1 Å². The molecule has 0 aliphatic carbocycles. The number of nitrogens with one attached hydrogen (secondary N) is 3. The second kappa shape index (κ2) is 9.56. The average Bonchev–Trinajstić information content (AvgIpc) is 2.63. The summed E-state index contributed by atoms with van der Waals surface area (Å²) >= 11 is 0. The molecular weight excluding hydrogens is 390 g/mol. The van der Waals surface area contributed by atoms with Crippen molar-refractivity contribution in [1.29, 1.82) is 0 Å². The lowest BCUT2D eigenvalue weighted by Gasteiger charge is -2.11. The minimum absolute atomic E-state index is 0.0540. The highest BCUT2D eigenvalue weighted by Crippen LogP contribution is 2.19. The molecule has 0 aliphatic heterocycles. The molecule has 2 amide bonds. The van der Waals surface area contributed by atoms with Gasteiger partial charge in [-0.05, 0) is 75.2 Å². The van der Waals surface area contributed by atoms with Gasteiger partial charge in [-0.3, -0.25) is 14.3 Å². The van der Waals surface area contributed by atoms with Crippen molar-refractivity contribution >= 4 is 27.5 Å². The third-order valence-electron chi connectivity index (χ3n) is 4.28. The van der Waals surface area contributed by atoms with Crippen LogP contribution in [0.5, 0.6) is 0 Å². The first-order chi connectivity index (χ1) is 13.6. The molecule has 0 radical (unpaired) electrons. The number of aryl methyl sites for hydroxylation is 2. The molecule has 2 aromatic carbocycles. The van der Waals surface area contributed by atoms with Gasteiger partial charge in [0.05, 0.1) is 4.90 Å². The lowest BCUT2D eigenvalue weighted by atomic mass is 10.1. The summed E-state index contributed by atoms with van der Waals surface area (Å²) in [6.07, 6.45) is 0.192. The number of sulfonamides is 1. The van der Waals surface area contributed by atoms with Gasteiger partial charge in [0, 0.05) is 30.3 Å². The molecule has 29 heavy (non-hydrogen) atoms. The maximum Gasteiger partial charge on any atom is 0.261 e. The van der Waals surface area contributed by atoms with E-state index in [4.69, 9.17) is 0 Å². The summed E-state index contributed by atoms with van der Waals surface area (Å²) in [5, 5.41) is 5.42. The lowest BCUT2D eigenvalue weighted by Crippen LogP contribution is -2.34. The monoisotopic (exact) mass is 417 g/mol. The summed E-state index contributed by atoms with van der Waals surface area (Å²) in [5.41, 5.74) is 2.64. The van der Waals surface area contributed by atoms with E-state index in [-0.39, 0.29) is 35.7 Å². The molecule has 156 valence electrons. The molecule has 0 saturated carbocycles. The summed E-state index contributed by atoms with van der Waals surface area (Å²) < 4.78 is 27.6. The van der Waals surface area contributed by atoms with Crippen LogP contribution < -0.4 is 15.4 Å². The van der Waals surface area contributed by atoms with Gasteiger partial charge in [0.2, 0.25) is 5.91 Å². The fourth-order valence-corrected chi connectivity index (χ4v) is 3.71. The van der Waals surface area contributed by atoms with Gasteiger partial charge in [-0.2, -0.15) is 0 Å². The van der Waals surface area contributed by atoms with Gasteiger partial charge < -0.3 is 10.6 Å². The average molecular weight is 418 g/mol. The van der Waals surface area contributed by atoms with Crippen LogP contribution in [0.25, 0.3) is 0 Å². The number of amides is 2. The van der Waals surface area contributed by atoms with Crippen molar-refractivity contribution in [1.82, 2.24) is 10.6 Å². The summed E-state index contributed by atoms with van der Waals surface area (Å²) in [6, 6.07) is 11.1. The van der Waals surface area contributed by atoms with Gasteiger partial charge in [-0.25, -0.2) is 8.42 Å². The molecule has 0 aliphatic rings. The Balaban J connectivity index is 1.96. The molecule has 0 saturated heterocycles. The Morgan fingerprint density at radius 1 is 0.966 bits per heavy atom. The van der Waals surface area contributed by atoms with Gasteiger partial charge in [0.1, 0.15) is 0 Å². The Kier molecular flexibility index (Phi) is 7.39. The summed E-state index contributed by atoms with van der Waals surface area (Å²) in [5.74, 6) is -0.456. The Labute approximate surface area is 172 Å². The second-order valence-corrected chi connectivity index (χ2v) is 8.84. The van der Waals surface area contributed by atoms with Crippen molar-refractivity contribution < 1.29 is 18.0 Å². The molecule has 0 heterocycles. The van der Waals surface area contributed by atoms with Crippen molar-refractivity contribution in [3.05, 3.63) is 59.2 Å². The quantitative estimate of drug-likeness (QED) is 0.614. The largest absolute Gasteiger partial charge is 0.354 e. The maximum atomic E-state index is 12.5. The first kappa shape index (κ1) is 22.4. The van der Waals surface area contributed by atoms with Crippen LogP contribution in [0, 0.1) is 13.8 Å². The van der Waals surface area contributed by atoms with E-state index < -0.39 is 10.0 Å². The molecule has 0 bridgehead atoms. The highest BCUT2D eigenvalue weighted by Gasteiger charge is 2.15. The predicted molar refractivity (Wildman–Crippen MR) is 113 cm³/mol. The van der Waals surface area contributed by atoms with E-state index in [1.54, 1.807) is 18.2 Å². The van der Waals surface area contributed by atoms with Gasteiger partial charge in [-0.1, -0.05) is 6.07 Å². The number of carbonyl (C=O) groups excluding carboxylic acids is 2. The number of carbonyl (C=O) groups is 2. The number of rotatable bonds is 8. The maximum absolute atomic E-state index is 12.5. The predicted octanol–water partition coefficient (Wildman–Crippen LogP) is 2.75. The summed E-state index contributed by atoms with van der Waals surface area (Å²) in [7, 11) is -3.71. The van der Waals surface area contributed by atoms with Crippen LogP contribution in [-0.2, 0) is 14.8 Å². The molecule has 8 heteroatoms. The van der Waals surface area contributed by atoms with Crippen molar-refractivity contribution in [2.24, 2.45) is 0 Å².